The Bertz CT molecular complexity index is 991. The summed E-state index contributed by atoms with van der Waals surface area (Å²) in [5, 5.41) is 20.5. The maximum atomic E-state index is 3.45. The van der Waals surface area contributed by atoms with Crippen molar-refractivity contribution in [1.29, 1.82) is 0 Å². The van der Waals surface area contributed by atoms with E-state index in [2.05, 4.69) is 115 Å². The molecule has 0 radical (unpaired) electrons. The van der Waals surface area contributed by atoms with Crippen LogP contribution in [0.15, 0.2) is 0 Å². The molecule has 6 heteroatoms. The van der Waals surface area contributed by atoms with Gasteiger partial charge in [-0.15, -0.1) is 0 Å². The van der Waals surface area contributed by atoms with Crippen LogP contribution in [-0.4, -0.2) is 78.5 Å². The van der Waals surface area contributed by atoms with Gasteiger partial charge in [-0.05, 0) is 214 Å². The summed E-state index contributed by atoms with van der Waals surface area (Å²) in [6.45, 7) is 43.0. The fraction of sp³-hybridized carbons (Fsp3) is 1.00. The Balaban J connectivity index is 0.000000379. The molecule has 6 aliphatic heterocycles. The van der Waals surface area contributed by atoms with Crippen LogP contribution in [-0.2, 0) is 0 Å². The fourth-order valence-electron chi connectivity index (χ4n) is 11.6. The molecule has 6 fully saturated rings. The van der Waals surface area contributed by atoms with E-state index in [-0.39, 0.29) is 0 Å². The number of hydrogen-bond donors (Lipinski definition) is 6. The molecule has 0 bridgehead atoms. The Morgan fingerprint density at radius 1 is 0.254 bits per heavy atom. The van der Waals surface area contributed by atoms with Gasteiger partial charge in [-0.2, -0.15) is 0 Å². The first kappa shape index (κ1) is 60.8. The van der Waals surface area contributed by atoms with Crippen molar-refractivity contribution in [2.45, 2.75) is 256 Å². The molecule has 6 N–H and O–H groups in total. The molecule has 6 nitrogen and oxygen atoms in total. The summed E-state index contributed by atoms with van der Waals surface area (Å²) in [5.74, 6) is 0. The zero-order valence-corrected chi connectivity index (χ0v) is 45.6. The van der Waals surface area contributed by atoms with Crippen LogP contribution >= 0.6 is 0 Å². The van der Waals surface area contributed by atoms with Crippen molar-refractivity contribution in [2.24, 2.45) is 32.5 Å². The van der Waals surface area contributed by atoms with E-state index in [4.69, 9.17) is 0 Å². The second-order valence-electron chi connectivity index (χ2n) is 22.9. The number of nitrogens with one attached hydrogen (secondary N) is 6. The molecule has 0 spiro atoms. The van der Waals surface area contributed by atoms with Crippen molar-refractivity contribution in [3.05, 3.63) is 0 Å². The van der Waals surface area contributed by atoms with E-state index < -0.39 is 0 Å². The predicted octanol–water partition coefficient (Wildman–Crippen LogP) is 14.2. The smallest absolute Gasteiger partial charge is 0.00436 e. The lowest BCUT2D eigenvalue weighted by Gasteiger charge is -2.37. The number of unbranched alkanes of at least 4 members (excludes halogenated alkanes) is 2. The third-order valence-corrected chi connectivity index (χ3v) is 18.1. The minimum atomic E-state index is 0.658. The largest absolute Gasteiger partial charge is 0.317 e. The molecule has 6 heterocycles. The third kappa shape index (κ3) is 25.6. The van der Waals surface area contributed by atoms with Gasteiger partial charge in [0.1, 0.15) is 0 Å². The van der Waals surface area contributed by atoms with Crippen molar-refractivity contribution in [2.75, 3.05) is 78.5 Å². The maximum Gasteiger partial charge on any atom is -0.00436 e. The van der Waals surface area contributed by atoms with E-state index >= 15 is 0 Å². The molecule has 0 amide bonds. The molecule has 0 atom stereocenters. The highest BCUT2D eigenvalue weighted by Crippen LogP contribution is 2.39. The first-order valence-electron chi connectivity index (χ1n) is 28.5. The lowest BCUT2D eigenvalue weighted by atomic mass is 9.73. The average molecular weight is 890 g/mol. The van der Waals surface area contributed by atoms with Gasteiger partial charge in [0, 0.05) is 0 Å². The average Bonchev–Trinajstić information content (AvgIpc) is 3.33. The Hall–Kier alpha value is -0.240. The van der Waals surface area contributed by atoms with Gasteiger partial charge in [-0.25, -0.2) is 0 Å². The van der Waals surface area contributed by atoms with Crippen molar-refractivity contribution in [1.82, 2.24) is 31.9 Å². The quantitative estimate of drug-likeness (QED) is 0.0984. The van der Waals surface area contributed by atoms with Crippen LogP contribution in [0, 0.1) is 32.5 Å². The summed E-state index contributed by atoms with van der Waals surface area (Å²) in [6, 6.07) is 0. The molecule has 0 saturated carbocycles. The number of hydrogen-bond acceptors (Lipinski definition) is 6. The summed E-state index contributed by atoms with van der Waals surface area (Å²) in [7, 11) is 0. The summed E-state index contributed by atoms with van der Waals surface area (Å²) in [5.41, 5.74) is 4.11. The molecule has 63 heavy (non-hydrogen) atoms. The van der Waals surface area contributed by atoms with Crippen LogP contribution in [0.2, 0.25) is 0 Å². The van der Waals surface area contributed by atoms with Gasteiger partial charge < -0.3 is 31.9 Å². The van der Waals surface area contributed by atoms with E-state index in [1.807, 2.05) is 0 Å². The molecule has 0 unspecified atom stereocenters. The van der Waals surface area contributed by atoms with Crippen molar-refractivity contribution < 1.29 is 0 Å². The molecule has 0 aromatic heterocycles. The highest BCUT2D eigenvalue weighted by molar-refractivity contribution is 4.85. The monoisotopic (exact) mass is 889 g/mol. The summed E-state index contributed by atoms with van der Waals surface area (Å²) >= 11 is 0. The highest BCUT2D eigenvalue weighted by Gasteiger charge is 2.31. The minimum Gasteiger partial charge on any atom is -0.317 e. The normalized spacial score (nSPS) is 24.0. The van der Waals surface area contributed by atoms with Gasteiger partial charge in [-0.1, -0.05) is 154 Å². The van der Waals surface area contributed by atoms with Gasteiger partial charge in [0.2, 0.25) is 0 Å². The van der Waals surface area contributed by atoms with Crippen LogP contribution < -0.4 is 31.9 Å². The molecule has 6 rings (SSSR count). The van der Waals surface area contributed by atoms with Crippen LogP contribution in [0.3, 0.4) is 0 Å². The maximum absolute atomic E-state index is 3.45. The third-order valence-electron chi connectivity index (χ3n) is 18.1. The Kier molecular flexibility index (Phi) is 33.7. The Morgan fingerprint density at radius 2 is 0.524 bits per heavy atom. The molecule has 6 aliphatic rings. The second-order valence-corrected chi connectivity index (χ2v) is 22.9. The minimum absolute atomic E-state index is 0.658. The van der Waals surface area contributed by atoms with E-state index in [0.29, 0.717) is 32.5 Å². The van der Waals surface area contributed by atoms with Crippen LogP contribution in [0.4, 0.5) is 0 Å². The zero-order valence-electron chi connectivity index (χ0n) is 45.6. The van der Waals surface area contributed by atoms with E-state index in [1.165, 1.54) is 252 Å². The highest BCUT2D eigenvalue weighted by atomic mass is 14.9. The van der Waals surface area contributed by atoms with Gasteiger partial charge in [-0.3, -0.25) is 0 Å². The van der Waals surface area contributed by atoms with E-state index in [1.54, 1.807) is 0 Å². The van der Waals surface area contributed by atoms with Crippen LogP contribution in [0.25, 0.3) is 0 Å². The number of rotatable bonds is 15. The SMILES string of the molecule is CCC1(C)CCNCC1.CCC1(CC)CCNCC1.CCCC1(C)CCNCC1.CCCC1(CC)CCNCC1.CCCCC1(C)CCNCC1.CCCCC1(CC)CCNCC1. The molecular weight excluding hydrogens is 769 g/mol. The van der Waals surface area contributed by atoms with E-state index in [0.717, 1.165) is 0 Å². The Labute approximate surface area is 397 Å². The second kappa shape index (κ2) is 35.0. The van der Waals surface area contributed by atoms with Crippen LogP contribution in [0.5, 0.6) is 0 Å². The summed E-state index contributed by atoms with van der Waals surface area (Å²) < 4.78 is 0. The van der Waals surface area contributed by atoms with Gasteiger partial charge in [0.15, 0.2) is 0 Å². The Morgan fingerprint density at radius 3 is 0.794 bits per heavy atom. The van der Waals surface area contributed by atoms with Crippen molar-refractivity contribution >= 4 is 0 Å². The molecule has 6 saturated heterocycles. The zero-order chi connectivity index (χ0) is 46.8. The predicted molar refractivity (Wildman–Crippen MR) is 285 cm³/mol. The molecule has 378 valence electrons. The molecule has 0 aromatic carbocycles. The lowest BCUT2D eigenvalue weighted by Crippen LogP contribution is -2.36. The lowest BCUT2D eigenvalue weighted by molar-refractivity contribution is 0.172. The summed E-state index contributed by atoms with van der Waals surface area (Å²) in [4.78, 5) is 0. The topological polar surface area (TPSA) is 72.2 Å². The standard InChI is InChI=1S/C11H23N.2C10H21N.2C9H19N.C8H17N/c1-3-5-6-11(4-2)7-9-12-10-8-11;1-3-4-5-10(2)6-8-11-9-7-10;1-3-5-10(4-2)6-8-11-9-7-10;1-3-4-9(2)5-7-10-8-6-9;1-3-9(4-2)5-7-10-8-6-9;1-3-8(2)4-6-9-7-5-8/h12H,3-10H2,1-2H3;2*11H,3-9H2,1-2H3;2*10H,3-8H2,1-2H3;9H,3-7H2,1-2H3. The first-order chi connectivity index (χ1) is 30.3. The fourth-order valence-corrected chi connectivity index (χ4v) is 11.6. The number of piperidine rings is 6. The van der Waals surface area contributed by atoms with Crippen LogP contribution in [0.1, 0.15) is 256 Å². The van der Waals surface area contributed by atoms with Gasteiger partial charge in [0.05, 0.1) is 0 Å². The van der Waals surface area contributed by atoms with E-state index in [9.17, 15) is 0 Å². The van der Waals surface area contributed by atoms with Crippen molar-refractivity contribution in [3.63, 3.8) is 0 Å². The van der Waals surface area contributed by atoms with Crippen molar-refractivity contribution in [3.8, 4) is 0 Å². The first-order valence-corrected chi connectivity index (χ1v) is 28.5. The molecule has 0 aromatic rings. The molecular formula is C57H120N6. The van der Waals surface area contributed by atoms with Gasteiger partial charge >= 0.3 is 0 Å². The summed E-state index contributed by atoms with van der Waals surface area (Å²) in [6.07, 6.45) is 37.5. The molecule has 0 aliphatic carbocycles. The van der Waals surface area contributed by atoms with Gasteiger partial charge in [0.25, 0.3) is 0 Å².